The molecule has 4 heterocycles. The van der Waals surface area contributed by atoms with Gasteiger partial charge in [-0.2, -0.15) is 0 Å². The summed E-state index contributed by atoms with van der Waals surface area (Å²) in [6.07, 6.45) is 4.23. The van der Waals surface area contributed by atoms with Crippen molar-refractivity contribution >= 4 is 44.8 Å². The van der Waals surface area contributed by atoms with Gasteiger partial charge in [0.05, 0.1) is 22.4 Å². The van der Waals surface area contributed by atoms with Crippen LogP contribution in [0.5, 0.6) is 5.75 Å². The Morgan fingerprint density at radius 3 is 2.79 bits per heavy atom. The van der Waals surface area contributed by atoms with Crippen molar-refractivity contribution in [3.05, 3.63) is 52.4 Å². The summed E-state index contributed by atoms with van der Waals surface area (Å²) in [6, 6.07) is 7.10. The number of nitrogens with zero attached hydrogens (tertiary/aromatic N) is 4. The van der Waals surface area contributed by atoms with Gasteiger partial charge in [0.2, 0.25) is 0 Å². The topological polar surface area (TPSA) is 106 Å². The first-order valence-electron chi connectivity index (χ1n) is 8.63. The average Bonchev–Trinajstić information content (AvgIpc) is 3.11. The highest BCUT2D eigenvalue weighted by Crippen LogP contribution is 2.29. The fourth-order valence-corrected chi connectivity index (χ4v) is 3.24. The number of aromatic amines is 1. The van der Waals surface area contributed by atoms with Crippen LogP contribution in [-0.2, 0) is 0 Å². The van der Waals surface area contributed by atoms with Crippen molar-refractivity contribution in [1.82, 2.24) is 30.2 Å². The van der Waals surface area contributed by atoms with Crippen LogP contribution in [0.4, 0.5) is 4.79 Å². The second-order valence-electron chi connectivity index (χ2n) is 5.96. The van der Waals surface area contributed by atoms with E-state index in [0.717, 1.165) is 15.6 Å². The Balaban J connectivity index is 1.57. The van der Waals surface area contributed by atoms with Gasteiger partial charge in [0.25, 0.3) is 0 Å². The van der Waals surface area contributed by atoms with Crippen LogP contribution >= 0.6 is 27.5 Å². The van der Waals surface area contributed by atoms with Crippen molar-refractivity contribution in [2.75, 3.05) is 6.54 Å². The maximum atomic E-state index is 11.5. The SMILES string of the molecule is CCNC(=O)Oc1cnc(-c2ccc(-c3nc4ncc(Br)cc4[nH]3)nc2)c(Cl)c1. The molecule has 0 radical (unpaired) electrons. The van der Waals surface area contributed by atoms with Gasteiger partial charge in [0, 0.05) is 35.0 Å². The van der Waals surface area contributed by atoms with Crippen LogP contribution < -0.4 is 10.1 Å². The molecule has 0 bridgehead atoms. The van der Waals surface area contributed by atoms with E-state index in [1.807, 2.05) is 18.2 Å². The third-order valence-electron chi connectivity index (χ3n) is 3.93. The van der Waals surface area contributed by atoms with Gasteiger partial charge in [-0.05, 0) is 41.1 Å². The Hall–Kier alpha value is -3.04. The van der Waals surface area contributed by atoms with Gasteiger partial charge in [-0.1, -0.05) is 11.6 Å². The van der Waals surface area contributed by atoms with E-state index in [1.54, 1.807) is 19.3 Å². The predicted molar refractivity (Wildman–Crippen MR) is 113 cm³/mol. The molecule has 4 aromatic heterocycles. The van der Waals surface area contributed by atoms with E-state index >= 15 is 0 Å². The molecule has 0 saturated heterocycles. The van der Waals surface area contributed by atoms with Crippen molar-refractivity contribution in [2.45, 2.75) is 6.92 Å². The first kappa shape index (κ1) is 19.3. The molecular formula is C19H14BrClN6O2. The van der Waals surface area contributed by atoms with Crippen LogP contribution in [0.3, 0.4) is 0 Å². The van der Waals surface area contributed by atoms with Gasteiger partial charge >= 0.3 is 6.09 Å². The lowest BCUT2D eigenvalue weighted by atomic mass is 10.1. The fraction of sp³-hybridized carbons (Fsp3) is 0.105. The Morgan fingerprint density at radius 1 is 1.21 bits per heavy atom. The number of amides is 1. The smallest absolute Gasteiger partial charge is 0.409 e. The summed E-state index contributed by atoms with van der Waals surface area (Å²) < 4.78 is 5.97. The Labute approximate surface area is 178 Å². The molecule has 0 saturated carbocycles. The number of rotatable bonds is 4. The molecular weight excluding hydrogens is 460 g/mol. The fourth-order valence-electron chi connectivity index (χ4n) is 2.65. The molecule has 1 amide bonds. The van der Waals surface area contributed by atoms with E-state index < -0.39 is 6.09 Å². The van der Waals surface area contributed by atoms with E-state index in [9.17, 15) is 4.79 Å². The molecule has 2 N–H and O–H groups in total. The number of carbonyl (C=O) groups is 1. The maximum Gasteiger partial charge on any atom is 0.412 e. The Morgan fingerprint density at radius 2 is 2.07 bits per heavy atom. The molecule has 0 aliphatic rings. The predicted octanol–water partition coefficient (Wildman–Crippen LogP) is 4.61. The molecule has 8 nitrogen and oxygen atoms in total. The minimum absolute atomic E-state index is 0.259. The van der Waals surface area contributed by atoms with Crippen LogP contribution in [0.25, 0.3) is 33.9 Å². The van der Waals surface area contributed by atoms with Gasteiger partial charge in [0.15, 0.2) is 17.2 Å². The number of fused-ring (bicyclic) bond motifs is 1. The molecule has 4 rings (SSSR count). The van der Waals surface area contributed by atoms with E-state index in [0.29, 0.717) is 34.4 Å². The lowest BCUT2D eigenvalue weighted by Gasteiger charge is -2.08. The highest BCUT2D eigenvalue weighted by atomic mass is 79.9. The van der Waals surface area contributed by atoms with Crippen LogP contribution in [0.2, 0.25) is 5.02 Å². The van der Waals surface area contributed by atoms with Gasteiger partial charge in [-0.15, -0.1) is 0 Å². The number of aromatic nitrogens is 5. The molecule has 0 aliphatic carbocycles. The number of carbonyl (C=O) groups excluding carboxylic acids is 1. The van der Waals surface area contributed by atoms with E-state index in [2.05, 4.69) is 46.2 Å². The van der Waals surface area contributed by atoms with Crippen LogP contribution in [-0.4, -0.2) is 37.6 Å². The minimum atomic E-state index is -0.559. The number of hydrogen-bond donors (Lipinski definition) is 2. The zero-order valence-corrected chi connectivity index (χ0v) is 17.5. The molecule has 29 heavy (non-hydrogen) atoms. The summed E-state index contributed by atoms with van der Waals surface area (Å²) >= 11 is 9.71. The zero-order chi connectivity index (χ0) is 20.4. The van der Waals surface area contributed by atoms with Gasteiger partial charge in [-0.25, -0.2) is 14.8 Å². The average molecular weight is 474 g/mol. The van der Waals surface area contributed by atoms with Crippen LogP contribution in [0.15, 0.2) is 47.3 Å². The molecule has 0 aromatic carbocycles. The van der Waals surface area contributed by atoms with E-state index in [4.69, 9.17) is 16.3 Å². The second kappa shape index (κ2) is 8.14. The monoisotopic (exact) mass is 472 g/mol. The van der Waals surface area contributed by atoms with Crippen molar-refractivity contribution in [2.24, 2.45) is 0 Å². The van der Waals surface area contributed by atoms with E-state index in [-0.39, 0.29) is 5.75 Å². The van der Waals surface area contributed by atoms with Gasteiger partial charge in [0.1, 0.15) is 5.69 Å². The minimum Gasteiger partial charge on any atom is -0.409 e. The van der Waals surface area contributed by atoms with Crippen molar-refractivity contribution < 1.29 is 9.53 Å². The summed E-state index contributed by atoms with van der Waals surface area (Å²) in [4.78, 5) is 32.2. The second-order valence-corrected chi connectivity index (χ2v) is 7.29. The molecule has 0 spiro atoms. The molecule has 0 unspecified atom stereocenters. The van der Waals surface area contributed by atoms with Crippen LogP contribution in [0, 0.1) is 0 Å². The summed E-state index contributed by atoms with van der Waals surface area (Å²) in [5, 5.41) is 2.88. The Kier molecular flexibility index (Phi) is 5.41. The molecule has 0 atom stereocenters. The summed E-state index contributed by atoms with van der Waals surface area (Å²) in [5.41, 5.74) is 3.34. The highest BCUT2D eigenvalue weighted by Gasteiger charge is 2.12. The largest absolute Gasteiger partial charge is 0.412 e. The summed E-state index contributed by atoms with van der Waals surface area (Å²) in [7, 11) is 0. The third kappa shape index (κ3) is 4.20. The van der Waals surface area contributed by atoms with Crippen molar-refractivity contribution in [1.29, 1.82) is 0 Å². The van der Waals surface area contributed by atoms with E-state index in [1.165, 1.54) is 12.3 Å². The number of pyridine rings is 3. The first-order chi connectivity index (χ1) is 14.0. The van der Waals surface area contributed by atoms with Gasteiger partial charge in [-0.3, -0.25) is 9.97 Å². The number of halogens is 2. The summed E-state index contributed by atoms with van der Waals surface area (Å²) in [5.74, 6) is 0.872. The quantitative estimate of drug-likeness (QED) is 0.448. The molecule has 10 heteroatoms. The first-order valence-corrected chi connectivity index (χ1v) is 9.80. The zero-order valence-electron chi connectivity index (χ0n) is 15.1. The van der Waals surface area contributed by atoms with Crippen molar-refractivity contribution in [3.8, 4) is 28.5 Å². The number of imidazole rings is 1. The number of ether oxygens (including phenoxy) is 1. The Bertz CT molecular complexity index is 1200. The molecule has 146 valence electrons. The lowest BCUT2D eigenvalue weighted by Crippen LogP contribution is -2.26. The normalized spacial score (nSPS) is 10.9. The van der Waals surface area contributed by atoms with Crippen molar-refractivity contribution in [3.63, 3.8) is 0 Å². The number of nitrogens with one attached hydrogen (secondary N) is 2. The highest BCUT2D eigenvalue weighted by molar-refractivity contribution is 9.10. The van der Waals surface area contributed by atoms with Crippen LogP contribution in [0.1, 0.15) is 6.92 Å². The molecule has 0 aliphatic heterocycles. The third-order valence-corrected chi connectivity index (χ3v) is 4.65. The lowest BCUT2D eigenvalue weighted by molar-refractivity contribution is 0.201. The number of H-pyrrole nitrogens is 1. The molecule has 0 fully saturated rings. The summed E-state index contributed by atoms with van der Waals surface area (Å²) in [6.45, 7) is 2.27. The number of hydrogen-bond acceptors (Lipinski definition) is 6. The maximum absolute atomic E-state index is 11.5. The standard InChI is InChI=1S/C19H14BrClN6O2/c1-2-22-19(28)29-12-6-13(21)16(24-9-12)10-3-4-14(23-7-10)18-26-15-5-11(20)8-25-17(15)27-18/h3-9H,2H2,1H3,(H,22,28)(H,25,26,27). The molecule has 4 aromatic rings. The van der Waals surface area contributed by atoms with Gasteiger partial charge < -0.3 is 15.0 Å².